The number of rotatable bonds is 4. The van der Waals surface area contributed by atoms with Gasteiger partial charge in [0.05, 0.1) is 24.8 Å². The number of esters is 1. The van der Waals surface area contributed by atoms with E-state index in [1.165, 1.54) is 0 Å². The molecule has 98 valence electrons. The molecule has 2 unspecified atom stereocenters. The Morgan fingerprint density at radius 3 is 2.94 bits per heavy atom. The van der Waals surface area contributed by atoms with Gasteiger partial charge >= 0.3 is 5.97 Å². The lowest BCUT2D eigenvalue weighted by Gasteiger charge is -2.12. The average Bonchev–Trinajstić information content (AvgIpc) is 3.03. The maximum absolute atomic E-state index is 11.9. The van der Waals surface area contributed by atoms with Crippen LogP contribution in [0.3, 0.4) is 0 Å². The van der Waals surface area contributed by atoms with Crippen LogP contribution < -0.4 is 4.74 Å². The molecule has 0 aliphatic heterocycles. The molecule has 1 aliphatic rings. The zero-order chi connectivity index (χ0) is 13.3. The molecule has 1 aliphatic carbocycles. The van der Waals surface area contributed by atoms with Crippen molar-refractivity contribution < 1.29 is 14.3 Å². The monoisotopic (exact) mass is 269 g/mol. The first-order chi connectivity index (χ1) is 8.52. The number of pyridine rings is 1. The van der Waals surface area contributed by atoms with Crippen molar-refractivity contribution in [2.75, 3.05) is 13.7 Å². The lowest BCUT2D eigenvalue weighted by atomic mass is 10.0. The van der Waals surface area contributed by atoms with Gasteiger partial charge in [-0.15, -0.1) is 0 Å². The molecule has 0 aromatic carbocycles. The Bertz CT molecular complexity index is 477. The lowest BCUT2D eigenvalue weighted by Crippen LogP contribution is -2.18. The molecule has 1 heterocycles. The van der Waals surface area contributed by atoms with Crippen LogP contribution in [-0.4, -0.2) is 24.7 Å². The van der Waals surface area contributed by atoms with Crippen LogP contribution >= 0.6 is 11.6 Å². The topological polar surface area (TPSA) is 48.4 Å². The third-order valence-corrected chi connectivity index (χ3v) is 3.59. The third kappa shape index (κ3) is 2.17. The highest BCUT2D eigenvalue weighted by molar-refractivity contribution is 6.29. The minimum atomic E-state index is -0.499. The molecule has 5 heteroatoms. The summed E-state index contributed by atoms with van der Waals surface area (Å²) in [6.45, 7) is 4.08. The van der Waals surface area contributed by atoms with E-state index in [0.717, 1.165) is 12.1 Å². The summed E-state index contributed by atoms with van der Waals surface area (Å²) in [5.74, 6) is 0.501. The fourth-order valence-corrected chi connectivity index (χ4v) is 2.30. The van der Waals surface area contributed by atoms with Gasteiger partial charge in [0, 0.05) is 5.92 Å². The van der Waals surface area contributed by atoms with Crippen LogP contribution in [0.25, 0.3) is 0 Å². The van der Waals surface area contributed by atoms with Crippen molar-refractivity contribution in [3.8, 4) is 5.75 Å². The Hall–Kier alpha value is -1.29. The summed E-state index contributed by atoms with van der Waals surface area (Å²) in [5.41, 5.74) is 0.238. The van der Waals surface area contributed by atoms with E-state index < -0.39 is 5.41 Å². The molecule has 1 saturated carbocycles. The summed E-state index contributed by atoms with van der Waals surface area (Å²) in [4.78, 5) is 16.1. The van der Waals surface area contributed by atoms with Crippen LogP contribution in [0.2, 0.25) is 5.15 Å². The van der Waals surface area contributed by atoms with Gasteiger partial charge in [-0.1, -0.05) is 11.6 Å². The highest BCUT2D eigenvalue weighted by atomic mass is 35.5. The number of hydrogen-bond acceptors (Lipinski definition) is 4. The van der Waals surface area contributed by atoms with Crippen LogP contribution in [-0.2, 0) is 9.53 Å². The van der Waals surface area contributed by atoms with Crippen LogP contribution in [0.1, 0.15) is 31.9 Å². The number of carbonyl (C=O) groups excluding carboxylic acids is 1. The number of carbonyl (C=O) groups is 1. The molecular weight excluding hydrogens is 254 g/mol. The Balaban J connectivity index is 2.25. The Morgan fingerprint density at radius 2 is 2.33 bits per heavy atom. The molecular formula is C13H16ClNO3. The molecule has 1 fully saturated rings. The van der Waals surface area contributed by atoms with Gasteiger partial charge in [-0.2, -0.15) is 0 Å². The van der Waals surface area contributed by atoms with Gasteiger partial charge in [0.25, 0.3) is 0 Å². The van der Waals surface area contributed by atoms with Crippen molar-refractivity contribution in [1.82, 2.24) is 4.98 Å². The molecule has 0 spiro atoms. The molecule has 0 saturated heterocycles. The molecule has 2 atom stereocenters. The molecule has 1 aromatic heterocycles. The lowest BCUT2D eigenvalue weighted by molar-refractivity contribution is -0.149. The second-order valence-electron chi connectivity index (χ2n) is 4.62. The summed E-state index contributed by atoms with van der Waals surface area (Å²) < 4.78 is 10.3. The van der Waals surface area contributed by atoms with Crippen molar-refractivity contribution in [2.45, 2.75) is 26.2 Å². The normalized spacial score (nSPS) is 25.7. The van der Waals surface area contributed by atoms with Crippen molar-refractivity contribution in [1.29, 1.82) is 0 Å². The van der Waals surface area contributed by atoms with E-state index >= 15 is 0 Å². The van der Waals surface area contributed by atoms with Gasteiger partial charge in [-0.3, -0.25) is 4.79 Å². The molecule has 0 radical (unpaired) electrons. The first-order valence-electron chi connectivity index (χ1n) is 5.90. The third-order valence-electron chi connectivity index (χ3n) is 3.38. The highest BCUT2D eigenvalue weighted by Crippen LogP contribution is 2.60. The first-order valence-corrected chi connectivity index (χ1v) is 6.28. The summed E-state index contributed by atoms with van der Waals surface area (Å²) in [5, 5.41) is 0.406. The molecule has 2 rings (SSSR count). The fourth-order valence-electron chi connectivity index (χ4n) is 2.14. The average molecular weight is 270 g/mol. The summed E-state index contributed by atoms with van der Waals surface area (Å²) in [7, 11) is 1.58. The predicted molar refractivity (Wildman–Crippen MR) is 67.9 cm³/mol. The molecule has 0 bridgehead atoms. The standard InChI is InChI=1S/C13H16ClNO3/c1-4-18-12(16)13(2)7-8(13)11-9(17-3)5-6-10(14)15-11/h5-6,8H,4,7H2,1-3H3. The van der Waals surface area contributed by atoms with Crippen molar-refractivity contribution in [2.24, 2.45) is 5.41 Å². The Labute approximate surface area is 111 Å². The number of aromatic nitrogens is 1. The summed E-state index contributed by atoms with van der Waals surface area (Å²) in [6, 6.07) is 3.45. The van der Waals surface area contributed by atoms with E-state index in [-0.39, 0.29) is 11.9 Å². The minimum Gasteiger partial charge on any atom is -0.495 e. The molecule has 18 heavy (non-hydrogen) atoms. The zero-order valence-corrected chi connectivity index (χ0v) is 11.5. The van der Waals surface area contributed by atoms with Gasteiger partial charge in [-0.05, 0) is 32.4 Å². The molecule has 4 nitrogen and oxygen atoms in total. The quantitative estimate of drug-likeness (QED) is 0.623. The molecule has 0 amide bonds. The number of halogens is 1. The van der Waals surface area contributed by atoms with Crippen molar-refractivity contribution >= 4 is 17.6 Å². The van der Waals surface area contributed by atoms with E-state index in [0.29, 0.717) is 17.5 Å². The van der Waals surface area contributed by atoms with Crippen LogP contribution in [0.4, 0.5) is 0 Å². The van der Waals surface area contributed by atoms with E-state index in [1.807, 2.05) is 6.92 Å². The maximum Gasteiger partial charge on any atom is 0.312 e. The van der Waals surface area contributed by atoms with Crippen molar-refractivity contribution in [3.05, 3.63) is 23.0 Å². The van der Waals surface area contributed by atoms with Gasteiger partial charge in [0.2, 0.25) is 0 Å². The van der Waals surface area contributed by atoms with E-state index in [2.05, 4.69) is 4.98 Å². The Kier molecular flexibility index (Phi) is 3.48. The molecule has 0 N–H and O–H groups in total. The fraction of sp³-hybridized carbons (Fsp3) is 0.538. The zero-order valence-electron chi connectivity index (χ0n) is 10.7. The minimum absolute atomic E-state index is 0.0187. The Morgan fingerprint density at radius 1 is 1.61 bits per heavy atom. The van der Waals surface area contributed by atoms with Crippen LogP contribution in [0, 0.1) is 5.41 Å². The van der Waals surface area contributed by atoms with Gasteiger partial charge < -0.3 is 9.47 Å². The van der Waals surface area contributed by atoms with Crippen molar-refractivity contribution in [3.63, 3.8) is 0 Å². The van der Waals surface area contributed by atoms with Gasteiger partial charge in [-0.25, -0.2) is 4.98 Å². The SMILES string of the molecule is CCOC(=O)C1(C)CC1c1nc(Cl)ccc1OC. The second kappa shape index (κ2) is 4.76. The maximum atomic E-state index is 11.9. The van der Waals surface area contributed by atoms with Crippen LogP contribution in [0.5, 0.6) is 5.75 Å². The number of ether oxygens (including phenoxy) is 2. The molecule has 1 aromatic rings. The second-order valence-corrected chi connectivity index (χ2v) is 5.00. The number of methoxy groups -OCH3 is 1. The summed E-state index contributed by atoms with van der Waals surface area (Å²) in [6.07, 6.45) is 0.718. The van der Waals surface area contributed by atoms with E-state index in [4.69, 9.17) is 21.1 Å². The smallest absolute Gasteiger partial charge is 0.312 e. The van der Waals surface area contributed by atoms with Gasteiger partial charge in [0.15, 0.2) is 0 Å². The largest absolute Gasteiger partial charge is 0.495 e. The predicted octanol–water partition coefficient (Wildman–Crippen LogP) is 2.80. The van der Waals surface area contributed by atoms with Gasteiger partial charge in [0.1, 0.15) is 10.9 Å². The number of hydrogen-bond donors (Lipinski definition) is 0. The van der Waals surface area contributed by atoms with E-state index in [1.54, 1.807) is 26.2 Å². The highest BCUT2D eigenvalue weighted by Gasteiger charge is 2.59. The number of nitrogens with zero attached hydrogens (tertiary/aromatic N) is 1. The first kappa shape index (κ1) is 13.1. The van der Waals surface area contributed by atoms with Crippen LogP contribution in [0.15, 0.2) is 12.1 Å². The summed E-state index contributed by atoms with van der Waals surface area (Å²) >= 11 is 5.90. The van der Waals surface area contributed by atoms with E-state index in [9.17, 15) is 4.79 Å².